The normalized spacial score (nSPS) is 22.4. The van der Waals surface area contributed by atoms with E-state index in [1.165, 1.54) is 0 Å². The number of sulfone groups is 1. The zero-order valence-corrected chi connectivity index (χ0v) is 11.1. The summed E-state index contributed by atoms with van der Waals surface area (Å²) >= 11 is 0. The van der Waals surface area contributed by atoms with Gasteiger partial charge in [-0.1, -0.05) is 6.42 Å². The minimum absolute atomic E-state index is 0.115. The maximum absolute atomic E-state index is 12.5. The van der Waals surface area contributed by atoms with Crippen molar-refractivity contribution in [1.29, 1.82) is 0 Å². The summed E-state index contributed by atoms with van der Waals surface area (Å²) < 4.78 is 24.0. The number of pyridine rings is 1. The van der Waals surface area contributed by atoms with Crippen LogP contribution in [-0.4, -0.2) is 35.2 Å². The van der Waals surface area contributed by atoms with Gasteiger partial charge in [-0.25, -0.2) is 8.42 Å². The van der Waals surface area contributed by atoms with E-state index < -0.39 is 15.1 Å². The predicted octanol–water partition coefficient (Wildman–Crippen LogP) is 1.71. The van der Waals surface area contributed by atoms with Crippen LogP contribution in [0.5, 0.6) is 0 Å². The number of carbonyl (C=O) groups is 1. The van der Waals surface area contributed by atoms with E-state index in [9.17, 15) is 13.2 Å². The van der Waals surface area contributed by atoms with Crippen molar-refractivity contribution in [2.24, 2.45) is 0 Å². The van der Waals surface area contributed by atoms with Gasteiger partial charge in [0.2, 0.25) is 0 Å². The third-order valence-electron chi connectivity index (χ3n) is 3.62. The second kappa shape index (κ2) is 4.45. The van der Waals surface area contributed by atoms with E-state index in [-0.39, 0.29) is 11.5 Å². The van der Waals surface area contributed by atoms with Crippen LogP contribution in [0.4, 0.5) is 0 Å². The number of Topliss-reactive ketones (excluding diaryl/α,β-unsaturated/α-hetero) is 1. The Kier molecular flexibility index (Phi) is 2.89. The fraction of sp³-hybridized carbons (Fsp3) is 0.385. The molecule has 1 N–H and O–H groups in total. The highest BCUT2D eigenvalue weighted by molar-refractivity contribution is 7.92. The van der Waals surface area contributed by atoms with Gasteiger partial charge < -0.3 is 4.98 Å². The number of ketones is 1. The molecule has 5 nitrogen and oxygen atoms in total. The van der Waals surface area contributed by atoms with Crippen LogP contribution < -0.4 is 0 Å². The zero-order valence-electron chi connectivity index (χ0n) is 10.3. The van der Waals surface area contributed by atoms with Crippen molar-refractivity contribution in [3.63, 3.8) is 0 Å². The smallest absolute Gasteiger partial charge is 0.183 e. The second-order valence-corrected chi connectivity index (χ2v) is 7.14. The number of aromatic nitrogens is 2. The molecule has 19 heavy (non-hydrogen) atoms. The molecule has 2 aromatic heterocycles. The summed E-state index contributed by atoms with van der Waals surface area (Å²) in [6.07, 6.45) is 6.67. The maximum Gasteiger partial charge on any atom is 0.183 e. The fourth-order valence-corrected chi connectivity index (χ4v) is 4.46. The van der Waals surface area contributed by atoms with E-state index in [1.807, 2.05) is 0 Å². The number of nitrogens with one attached hydrogen (secondary N) is 1. The van der Waals surface area contributed by atoms with E-state index in [1.54, 1.807) is 24.7 Å². The summed E-state index contributed by atoms with van der Waals surface area (Å²) in [6.45, 7) is 0. The van der Waals surface area contributed by atoms with Gasteiger partial charge in [-0.05, 0) is 18.9 Å². The first-order valence-electron chi connectivity index (χ1n) is 6.26. The lowest BCUT2D eigenvalue weighted by molar-refractivity contribution is 0.0983. The van der Waals surface area contributed by atoms with E-state index in [4.69, 9.17) is 0 Å². The van der Waals surface area contributed by atoms with E-state index in [2.05, 4.69) is 9.97 Å². The molecule has 1 aliphatic rings. The molecule has 3 rings (SSSR count). The second-order valence-electron chi connectivity index (χ2n) is 4.84. The molecule has 1 saturated heterocycles. The van der Waals surface area contributed by atoms with Gasteiger partial charge in [0, 0.05) is 35.1 Å². The van der Waals surface area contributed by atoms with Crippen molar-refractivity contribution < 1.29 is 13.2 Å². The average molecular weight is 278 g/mol. The molecule has 0 aliphatic carbocycles. The van der Waals surface area contributed by atoms with Crippen LogP contribution in [0.2, 0.25) is 0 Å². The molecule has 1 atom stereocenters. The standard InChI is InChI=1S/C13H14N2O3S/c16-13(12-3-1-2-6-19(12,17)18)10-8-15-11-4-5-14-7-9(10)11/h4-5,7-8,12,15H,1-3,6H2. The van der Waals surface area contributed by atoms with Gasteiger partial charge in [-0.2, -0.15) is 0 Å². The molecule has 0 aromatic carbocycles. The number of hydrogen-bond donors (Lipinski definition) is 1. The minimum Gasteiger partial charge on any atom is -0.360 e. The Bertz CT molecular complexity index is 733. The number of rotatable bonds is 2. The maximum atomic E-state index is 12.5. The van der Waals surface area contributed by atoms with Crippen molar-refractivity contribution in [1.82, 2.24) is 9.97 Å². The Morgan fingerprint density at radius 1 is 1.37 bits per heavy atom. The Morgan fingerprint density at radius 2 is 2.21 bits per heavy atom. The van der Waals surface area contributed by atoms with Gasteiger partial charge >= 0.3 is 0 Å². The van der Waals surface area contributed by atoms with Gasteiger partial charge in [0.1, 0.15) is 5.25 Å². The molecule has 0 saturated carbocycles. The molecular formula is C13H14N2O3S. The van der Waals surface area contributed by atoms with Crippen molar-refractivity contribution in [3.8, 4) is 0 Å². The first-order valence-corrected chi connectivity index (χ1v) is 7.98. The highest BCUT2D eigenvalue weighted by Gasteiger charge is 2.36. The lowest BCUT2D eigenvalue weighted by Gasteiger charge is -2.20. The molecular weight excluding hydrogens is 264 g/mol. The lowest BCUT2D eigenvalue weighted by atomic mass is 10.0. The first kappa shape index (κ1) is 12.3. The van der Waals surface area contributed by atoms with Crippen LogP contribution in [0, 0.1) is 0 Å². The Labute approximate surface area is 111 Å². The summed E-state index contributed by atoms with van der Waals surface area (Å²) in [6, 6.07) is 1.77. The summed E-state index contributed by atoms with van der Waals surface area (Å²) in [5.74, 6) is -0.191. The molecule has 0 spiro atoms. The number of carbonyl (C=O) groups excluding carboxylic acids is 1. The Morgan fingerprint density at radius 3 is 3.00 bits per heavy atom. The fourth-order valence-electron chi connectivity index (χ4n) is 2.59. The van der Waals surface area contributed by atoms with Crippen LogP contribution in [0.3, 0.4) is 0 Å². The number of fused-ring (bicyclic) bond motifs is 1. The SMILES string of the molecule is O=C(c1c[nH]c2ccncc12)C1CCCCS1(=O)=O. The minimum atomic E-state index is -3.30. The van der Waals surface area contributed by atoms with Gasteiger partial charge in [-0.15, -0.1) is 0 Å². The van der Waals surface area contributed by atoms with Crippen molar-refractivity contribution in [2.75, 3.05) is 5.75 Å². The van der Waals surface area contributed by atoms with Crippen LogP contribution in [0.15, 0.2) is 24.7 Å². The Hall–Kier alpha value is -1.69. The number of H-pyrrole nitrogens is 1. The molecule has 0 radical (unpaired) electrons. The summed E-state index contributed by atoms with van der Waals surface area (Å²) in [7, 11) is -3.30. The number of aromatic amines is 1. The molecule has 1 aliphatic heterocycles. The monoisotopic (exact) mass is 278 g/mol. The Balaban J connectivity index is 2.04. The quantitative estimate of drug-likeness (QED) is 0.848. The molecule has 2 aromatic rings. The number of nitrogens with zero attached hydrogens (tertiary/aromatic N) is 1. The molecule has 3 heterocycles. The van der Waals surface area contributed by atoms with Crippen LogP contribution in [0.25, 0.3) is 10.9 Å². The summed E-state index contributed by atoms with van der Waals surface area (Å²) in [5.41, 5.74) is 1.23. The molecule has 1 unspecified atom stereocenters. The third-order valence-corrected chi connectivity index (χ3v) is 5.79. The van der Waals surface area contributed by atoms with Crippen LogP contribution in [0.1, 0.15) is 29.6 Å². The first-order chi connectivity index (χ1) is 9.09. The highest BCUT2D eigenvalue weighted by atomic mass is 32.2. The van der Waals surface area contributed by atoms with E-state index in [0.717, 1.165) is 11.9 Å². The molecule has 1 fully saturated rings. The molecule has 0 bridgehead atoms. The predicted molar refractivity (Wildman–Crippen MR) is 71.9 cm³/mol. The van der Waals surface area contributed by atoms with Crippen LogP contribution in [-0.2, 0) is 9.84 Å². The van der Waals surface area contributed by atoms with Crippen molar-refractivity contribution in [2.45, 2.75) is 24.5 Å². The molecule has 100 valence electrons. The molecule has 6 heteroatoms. The average Bonchev–Trinajstić information content (AvgIpc) is 2.81. The van der Waals surface area contributed by atoms with Crippen molar-refractivity contribution in [3.05, 3.63) is 30.2 Å². The third kappa shape index (κ3) is 2.06. The largest absolute Gasteiger partial charge is 0.360 e. The topological polar surface area (TPSA) is 79.9 Å². The summed E-state index contributed by atoms with van der Waals surface area (Å²) in [4.78, 5) is 19.4. The van der Waals surface area contributed by atoms with Crippen molar-refractivity contribution >= 4 is 26.5 Å². The molecule has 0 amide bonds. The van der Waals surface area contributed by atoms with E-state index >= 15 is 0 Å². The summed E-state index contributed by atoms with van der Waals surface area (Å²) in [5, 5.41) is -0.200. The number of hydrogen-bond acceptors (Lipinski definition) is 4. The lowest BCUT2D eigenvalue weighted by Crippen LogP contribution is -2.35. The van der Waals surface area contributed by atoms with E-state index in [0.29, 0.717) is 23.8 Å². The zero-order chi connectivity index (χ0) is 13.5. The van der Waals surface area contributed by atoms with Crippen LogP contribution >= 0.6 is 0 Å². The highest BCUT2D eigenvalue weighted by Crippen LogP contribution is 2.26. The van der Waals surface area contributed by atoms with Gasteiger partial charge in [0.25, 0.3) is 0 Å². The van der Waals surface area contributed by atoms with Gasteiger partial charge in [-0.3, -0.25) is 9.78 Å². The van der Waals surface area contributed by atoms with Gasteiger partial charge in [0.15, 0.2) is 15.6 Å². The van der Waals surface area contributed by atoms with Gasteiger partial charge in [0.05, 0.1) is 5.75 Å².